The van der Waals surface area contributed by atoms with Gasteiger partial charge in [-0.1, -0.05) is 60.7 Å². The number of allylic oxidation sites excluding steroid dienone is 4. The fraction of sp³-hybridized carbons (Fsp3) is 0.185. The molecule has 0 fully saturated rings. The van der Waals surface area contributed by atoms with Gasteiger partial charge in [0.1, 0.15) is 7.05 Å². The van der Waals surface area contributed by atoms with Crippen molar-refractivity contribution in [1.82, 2.24) is 0 Å². The zero-order valence-electron chi connectivity index (χ0n) is 17.3. The molecular weight excluding hydrogens is 352 g/mol. The molecule has 4 rings (SSSR count). The van der Waals surface area contributed by atoms with Crippen molar-refractivity contribution in [2.24, 2.45) is 4.99 Å². The van der Waals surface area contributed by atoms with Crippen LogP contribution in [0.1, 0.15) is 25.8 Å². The molecule has 29 heavy (non-hydrogen) atoms. The van der Waals surface area contributed by atoms with E-state index in [1.54, 1.807) is 0 Å². The summed E-state index contributed by atoms with van der Waals surface area (Å²) in [7, 11) is 2.16. The largest absolute Gasteiger partial charge is 0.261 e. The van der Waals surface area contributed by atoms with Crippen LogP contribution >= 0.6 is 0 Å². The molecule has 2 nitrogen and oxygen atoms in total. The summed E-state index contributed by atoms with van der Waals surface area (Å²) in [5, 5.41) is 2.65. The van der Waals surface area contributed by atoms with E-state index in [0.717, 1.165) is 12.1 Å². The van der Waals surface area contributed by atoms with E-state index in [0.29, 0.717) is 0 Å². The van der Waals surface area contributed by atoms with Gasteiger partial charge in [-0.25, -0.2) is 0 Å². The number of nitrogens with zero attached hydrogens (tertiary/aromatic N) is 2. The third kappa shape index (κ3) is 3.71. The molecule has 0 atom stereocenters. The van der Waals surface area contributed by atoms with Crippen molar-refractivity contribution >= 4 is 34.1 Å². The molecule has 0 amide bonds. The van der Waals surface area contributed by atoms with E-state index < -0.39 is 0 Å². The zero-order valence-corrected chi connectivity index (χ0v) is 17.3. The first-order valence-electron chi connectivity index (χ1n) is 10.1. The number of benzene rings is 3. The van der Waals surface area contributed by atoms with Crippen LogP contribution in [0.3, 0.4) is 0 Å². The maximum Gasteiger partial charge on any atom is 0.210 e. The van der Waals surface area contributed by atoms with Gasteiger partial charge in [-0.15, -0.1) is 0 Å². The molecule has 3 aromatic rings. The van der Waals surface area contributed by atoms with Crippen LogP contribution in [0.5, 0.6) is 0 Å². The predicted molar refractivity (Wildman–Crippen MR) is 125 cm³/mol. The first-order chi connectivity index (χ1) is 14.1. The highest BCUT2D eigenvalue weighted by Crippen LogP contribution is 2.43. The van der Waals surface area contributed by atoms with Crippen LogP contribution in [-0.4, -0.2) is 23.5 Å². The highest BCUT2D eigenvalue weighted by atomic mass is 15.0. The lowest BCUT2D eigenvalue weighted by atomic mass is 9.79. The van der Waals surface area contributed by atoms with Crippen molar-refractivity contribution < 1.29 is 4.58 Å². The lowest BCUT2D eigenvalue weighted by molar-refractivity contribution is -0.401. The van der Waals surface area contributed by atoms with E-state index >= 15 is 0 Å². The molecule has 144 valence electrons. The Bertz CT molecular complexity index is 1150. The van der Waals surface area contributed by atoms with Crippen LogP contribution < -0.4 is 0 Å². The van der Waals surface area contributed by atoms with Gasteiger partial charge in [0, 0.05) is 30.3 Å². The monoisotopic (exact) mass is 379 g/mol. The Morgan fingerprint density at radius 1 is 0.897 bits per heavy atom. The third-order valence-electron chi connectivity index (χ3n) is 5.63. The maximum atomic E-state index is 4.46. The highest BCUT2D eigenvalue weighted by Gasteiger charge is 2.43. The van der Waals surface area contributed by atoms with E-state index in [1.807, 2.05) is 36.5 Å². The van der Waals surface area contributed by atoms with Crippen molar-refractivity contribution in [2.45, 2.75) is 25.7 Å². The van der Waals surface area contributed by atoms with Gasteiger partial charge >= 0.3 is 0 Å². The minimum atomic E-state index is -0.0376. The van der Waals surface area contributed by atoms with Gasteiger partial charge in [-0.3, -0.25) is 4.99 Å². The molecule has 0 unspecified atom stereocenters. The topological polar surface area (TPSA) is 15.4 Å². The number of hydrogen-bond donors (Lipinski definition) is 0. The van der Waals surface area contributed by atoms with Crippen molar-refractivity contribution in [2.75, 3.05) is 7.05 Å². The second-order valence-electron chi connectivity index (χ2n) is 7.92. The fourth-order valence-corrected chi connectivity index (χ4v) is 4.23. The molecule has 0 bridgehead atoms. The Labute approximate surface area is 173 Å². The van der Waals surface area contributed by atoms with Crippen LogP contribution in [0.15, 0.2) is 96.0 Å². The SMILES string of the molecule is C[N+]1=C(C=CC=CCC=Nc2ccccc2)C(C)(C)c2c1ccc1ccccc21. The average molecular weight is 380 g/mol. The number of aliphatic imine (C=N–C) groups is 1. The molecule has 0 aromatic heterocycles. The molecular formula is C27H27N2+. The normalized spacial score (nSPS) is 16.0. The Kier molecular flexibility index (Phi) is 5.26. The minimum Gasteiger partial charge on any atom is -0.261 e. The van der Waals surface area contributed by atoms with Gasteiger partial charge in [0.2, 0.25) is 5.69 Å². The Balaban J connectivity index is 1.50. The highest BCUT2D eigenvalue weighted by molar-refractivity contribution is 6.07. The molecule has 3 aromatic carbocycles. The molecule has 2 heteroatoms. The number of hydrogen-bond acceptors (Lipinski definition) is 1. The third-order valence-corrected chi connectivity index (χ3v) is 5.63. The lowest BCUT2D eigenvalue weighted by Crippen LogP contribution is -2.26. The average Bonchev–Trinajstić information content (AvgIpc) is 2.94. The molecule has 1 aliphatic heterocycles. The molecule has 0 spiro atoms. The number of fused-ring (bicyclic) bond motifs is 3. The van der Waals surface area contributed by atoms with E-state index in [4.69, 9.17) is 0 Å². The van der Waals surface area contributed by atoms with Crippen LogP contribution in [-0.2, 0) is 5.41 Å². The van der Waals surface area contributed by atoms with Crippen LogP contribution in [0.4, 0.5) is 11.4 Å². The van der Waals surface area contributed by atoms with Crippen molar-refractivity contribution in [1.29, 1.82) is 0 Å². The molecule has 0 saturated carbocycles. The van der Waals surface area contributed by atoms with Crippen molar-refractivity contribution in [3.8, 4) is 0 Å². The first-order valence-corrected chi connectivity index (χ1v) is 10.1. The molecule has 1 heterocycles. The van der Waals surface area contributed by atoms with Crippen LogP contribution in [0, 0.1) is 0 Å². The quantitative estimate of drug-likeness (QED) is 0.265. The zero-order chi connectivity index (χ0) is 20.3. The summed E-state index contributed by atoms with van der Waals surface area (Å²) < 4.78 is 2.32. The second-order valence-corrected chi connectivity index (χ2v) is 7.92. The number of rotatable bonds is 5. The Morgan fingerprint density at radius 3 is 2.48 bits per heavy atom. The molecule has 0 N–H and O–H groups in total. The molecule has 0 radical (unpaired) electrons. The maximum absolute atomic E-state index is 4.46. The van der Waals surface area contributed by atoms with Crippen LogP contribution in [0.25, 0.3) is 10.8 Å². The summed E-state index contributed by atoms with van der Waals surface area (Å²) in [5.41, 5.74) is 4.98. The second kappa shape index (κ2) is 8.00. The van der Waals surface area contributed by atoms with E-state index in [-0.39, 0.29) is 5.41 Å². The summed E-state index contributed by atoms with van der Waals surface area (Å²) in [6, 6.07) is 23.2. The van der Waals surface area contributed by atoms with E-state index in [1.165, 1.54) is 27.7 Å². The first kappa shape index (κ1) is 19.1. The van der Waals surface area contributed by atoms with Gasteiger partial charge in [0.15, 0.2) is 5.71 Å². The minimum absolute atomic E-state index is 0.0376. The Hall–Kier alpha value is -3.26. The molecule has 0 saturated heterocycles. The van der Waals surface area contributed by atoms with Gasteiger partial charge < -0.3 is 0 Å². The predicted octanol–water partition coefficient (Wildman–Crippen LogP) is 6.75. The van der Waals surface area contributed by atoms with Crippen molar-refractivity contribution in [3.05, 3.63) is 96.6 Å². The fourth-order valence-electron chi connectivity index (χ4n) is 4.23. The standard InChI is InChI=1S/C27H27N2/c1-27(2)25(17-9-4-5-12-20-28-22-14-7-6-8-15-22)29(3)24-19-18-21-13-10-11-16-23(21)26(24)27/h4-11,13-20H,12H2,1-3H3/q+1. The van der Waals surface area contributed by atoms with E-state index in [9.17, 15) is 0 Å². The molecule has 1 aliphatic rings. The molecule has 0 aliphatic carbocycles. The van der Waals surface area contributed by atoms with Gasteiger partial charge in [-0.2, -0.15) is 4.58 Å². The van der Waals surface area contributed by atoms with Crippen LogP contribution in [0.2, 0.25) is 0 Å². The number of para-hydroxylation sites is 1. The van der Waals surface area contributed by atoms with Crippen molar-refractivity contribution in [3.63, 3.8) is 0 Å². The van der Waals surface area contributed by atoms with Gasteiger partial charge in [-0.05, 0) is 42.8 Å². The summed E-state index contributed by atoms with van der Waals surface area (Å²) >= 11 is 0. The van der Waals surface area contributed by atoms with E-state index in [2.05, 4.69) is 91.2 Å². The smallest absolute Gasteiger partial charge is 0.210 e. The summed E-state index contributed by atoms with van der Waals surface area (Å²) in [6.45, 7) is 4.63. The summed E-state index contributed by atoms with van der Waals surface area (Å²) in [6.07, 6.45) is 11.4. The van der Waals surface area contributed by atoms with Gasteiger partial charge in [0.25, 0.3) is 0 Å². The lowest BCUT2D eigenvalue weighted by Gasteiger charge is -2.17. The van der Waals surface area contributed by atoms with Gasteiger partial charge in [0.05, 0.1) is 11.1 Å². The summed E-state index contributed by atoms with van der Waals surface area (Å²) in [4.78, 5) is 4.46. The summed E-state index contributed by atoms with van der Waals surface area (Å²) in [5.74, 6) is 0. The Morgan fingerprint density at radius 2 is 1.66 bits per heavy atom.